The van der Waals surface area contributed by atoms with E-state index in [1.165, 1.54) is 0 Å². The fourth-order valence-electron chi connectivity index (χ4n) is 2.26. The second-order valence-electron chi connectivity index (χ2n) is 5.12. The Morgan fingerprint density at radius 2 is 2.04 bits per heavy atom. The number of hydrogen-bond donors (Lipinski definition) is 1. The minimum Gasteiger partial charge on any atom is -0.497 e. The molecule has 5 heteroatoms. The number of amides is 1. The second-order valence-corrected chi connectivity index (χ2v) is 5.12. The van der Waals surface area contributed by atoms with Gasteiger partial charge in [-0.1, -0.05) is 18.2 Å². The van der Waals surface area contributed by atoms with Gasteiger partial charge in [-0.3, -0.25) is 4.79 Å². The van der Waals surface area contributed by atoms with Crippen LogP contribution >= 0.6 is 0 Å². The molecule has 0 radical (unpaired) electrons. The van der Waals surface area contributed by atoms with Gasteiger partial charge in [-0.15, -0.1) is 0 Å². The number of aromatic nitrogens is 2. The van der Waals surface area contributed by atoms with Crippen LogP contribution in [-0.4, -0.2) is 22.6 Å². The lowest BCUT2D eigenvalue weighted by atomic mass is 10.1. The van der Waals surface area contributed by atoms with Gasteiger partial charge in [0.25, 0.3) is 5.91 Å². The molecule has 1 amide bonds. The number of benzene rings is 2. The molecule has 0 bridgehead atoms. The Balaban J connectivity index is 1.67. The predicted octanol–water partition coefficient (Wildman–Crippen LogP) is 3.19. The zero-order chi connectivity index (χ0) is 16.1. The molecule has 0 fully saturated rings. The zero-order valence-corrected chi connectivity index (χ0v) is 12.8. The number of imidazole rings is 1. The standard InChI is InChI=1S/C18H17N3O2/c1-23-17-4-2-3-16(11-17)20-18(22)15-7-5-14(6-8-15)12-21-10-9-19-13-21/h2-11,13H,12H2,1H3,(H,20,22). The number of carbonyl (C=O) groups excluding carboxylic acids is 1. The van der Waals surface area contributed by atoms with Crippen molar-refractivity contribution >= 4 is 11.6 Å². The van der Waals surface area contributed by atoms with E-state index < -0.39 is 0 Å². The van der Waals surface area contributed by atoms with Gasteiger partial charge >= 0.3 is 0 Å². The molecule has 2 aromatic carbocycles. The van der Waals surface area contributed by atoms with Crippen molar-refractivity contribution in [3.8, 4) is 5.75 Å². The first-order valence-corrected chi connectivity index (χ1v) is 7.25. The SMILES string of the molecule is COc1cccc(NC(=O)c2ccc(Cn3ccnc3)cc2)c1. The van der Waals surface area contributed by atoms with Gasteiger partial charge in [0.15, 0.2) is 0 Å². The average molecular weight is 307 g/mol. The van der Waals surface area contributed by atoms with Crippen molar-refractivity contribution in [2.45, 2.75) is 6.54 Å². The summed E-state index contributed by atoms with van der Waals surface area (Å²) in [7, 11) is 1.60. The lowest BCUT2D eigenvalue weighted by Gasteiger charge is -2.08. The summed E-state index contributed by atoms with van der Waals surface area (Å²) in [6, 6.07) is 14.8. The fourth-order valence-corrected chi connectivity index (χ4v) is 2.26. The summed E-state index contributed by atoms with van der Waals surface area (Å²) in [6.07, 6.45) is 5.42. The predicted molar refractivity (Wildman–Crippen MR) is 88.7 cm³/mol. The van der Waals surface area contributed by atoms with Crippen LogP contribution in [0, 0.1) is 0 Å². The molecule has 3 rings (SSSR count). The number of carbonyl (C=O) groups is 1. The van der Waals surface area contributed by atoms with Gasteiger partial charge in [0, 0.05) is 36.3 Å². The van der Waals surface area contributed by atoms with Crippen LogP contribution in [0.4, 0.5) is 5.69 Å². The molecule has 0 aliphatic carbocycles. The summed E-state index contributed by atoms with van der Waals surface area (Å²) >= 11 is 0. The number of nitrogens with one attached hydrogen (secondary N) is 1. The normalized spacial score (nSPS) is 10.3. The van der Waals surface area contributed by atoms with Crippen molar-refractivity contribution in [1.29, 1.82) is 0 Å². The maximum Gasteiger partial charge on any atom is 0.255 e. The summed E-state index contributed by atoms with van der Waals surface area (Å²) in [5, 5.41) is 2.86. The Hall–Kier alpha value is -3.08. The van der Waals surface area contributed by atoms with Gasteiger partial charge in [-0.25, -0.2) is 4.98 Å². The monoisotopic (exact) mass is 307 g/mol. The second kappa shape index (κ2) is 6.79. The highest BCUT2D eigenvalue weighted by molar-refractivity contribution is 6.04. The number of nitrogens with zero attached hydrogens (tertiary/aromatic N) is 2. The minimum atomic E-state index is -0.146. The molecule has 0 aliphatic rings. The van der Waals surface area contributed by atoms with E-state index in [0.717, 1.165) is 12.1 Å². The third kappa shape index (κ3) is 3.77. The molecule has 116 valence electrons. The van der Waals surface area contributed by atoms with Gasteiger partial charge < -0.3 is 14.6 Å². The molecule has 5 nitrogen and oxygen atoms in total. The van der Waals surface area contributed by atoms with Gasteiger partial charge in [0.2, 0.25) is 0 Å². The van der Waals surface area contributed by atoms with Crippen molar-refractivity contribution in [2.24, 2.45) is 0 Å². The Labute approximate surface area is 134 Å². The van der Waals surface area contributed by atoms with Crippen molar-refractivity contribution in [3.05, 3.63) is 78.4 Å². The summed E-state index contributed by atoms with van der Waals surface area (Å²) in [5.41, 5.74) is 2.43. The summed E-state index contributed by atoms with van der Waals surface area (Å²) in [6.45, 7) is 0.734. The molecule has 0 spiro atoms. The minimum absolute atomic E-state index is 0.146. The summed E-state index contributed by atoms with van der Waals surface area (Å²) in [5.74, 6) is 0.561. The third-order valence-corrected chi connectivity index (χ3v) is 3.47. The molecular formula is C18H17N3O2. The molecule has 0 atom stereocenters. The molecule has 0 saturated carbocycles. The topological polar surface area (TPSA) is 56.1 Å². The molecule has 0 unspecified atom stereocenters. The molecule has 1 N–H and O–H groups in total. The van der Waals surface area contributed by atoms with Crippen molar-refractivity contribution in [2.75, 3.05) is 12.4 Å². The highest BCUT2D eigenvalue weighted by atomic mass is 16.5. The molecule has 1 aromatic heterocycles. The highest BCUT2D eigenvalue weighted by Gasteiger charge is 2.07. The Kier molecular flexibility index (Phi) is 4.38. The van der Waals surface area contributed by atoms with E-state index in [-0.39, 0.29) is 5.91 Å². The van der Waals surface area contributed by atoms with Crippen LogP contribution in [0.1, 0.15) is 15.9 Å². The Morgan fingerprint density at radius 3 is 2.74 bits per heavy atom. The quantitative estimate of drug-likeness (QED) is 0.787. The molecule has 0 aliphatic heterocycles. The van der Waals surface area contributed by atoms with Crippen molar-refractivity contribution < 1.29 is 9.53 Å². The first kappa shape index (κ1) is 14.8. The van der Waals surface area contributed by atoms with Crippen LogP contribution in [0.15, 0.2) is 67.3 Å². The first-order chi connectivity index (χ1) is 11.2. The lowest BCUT2D eigenvalue weighted by molar-refractivity contribution is 0.102. The molecular weight excluding hydrogens is 290 g/mol. The number of anilines is 1. The number of ether oxygens (including phenoxy) is 1. The molecule has 1 heterocycles. The van der Waals surface area contributed by atoms with Crippen LogP contribution in [0.3, 0.4) is 0 Å². The average Bonchev–Trinajstić information content (AvgIpc) is 3.08. The van der Waals surface area contributed by atoms with Crippen LogP contribution < -0.4 is 10.1 Å². The van der Waals surface area contributed by atoms with Gasteiger partial charge in [0.1, 0.15) is 5.75 Å². The maximum atomic E-state index is 12.3. The van der Waals surface area contributed by atoms with Crippen LogP contribution in [0.5, 0.6) is 5.75 Å². The molecule has 3 aromatic rings. The van der Waals surface area contributed by atoms with Crippen LogP contribution in [0.2, 0.25) is 0 Å². The molecule has 23 heavy (non-hydrogen) atoms. The van der Waals surface area contributed by atoms with Gasteiger partial charge in [0.05, 0.1) is 13.4 Å². The summed E-state index contributed by atoms with van der Waals surface area (Å²) in [4.78, 5) is 16.3. The van der Waals surface area contributed by atoms with E-state index in [1.54, 1.807) is 25.7 Å². The maximum absolute atomic E-state index is 12.3. The van der Waals surface area contributed by atoms with E-state index in [0.29, 0.717) is 17.0 Å². The fraction of sp³-hybridized carbons (Fsp3) is 0.111. The van der Waals surface area contributed by atoms with Crippen molar-refractivity contribution in [3.63, 3.8) is 0 Å². The zero-order valence-electron chi connectivity index (χ0n) is 12.8. The highest BCUT2D eigenvalue weighted by Crippen LogP contribution is 2.17. The first-order valence-electron chi connectivity index (χ1n) is 7.25. The third-order valence-electron chi connectivity index (χ3n) is 3.47. The van der Waals surface area contributed by atoms with E-state index in [4.69, 9.17) is 4.74 Å². The van der Waals surface area contributed by atoms with Crippen LogP contribution in [-0.2, 0) is 6.54 Å². The van der Waals surface area contributed by atoms with Gasteiger partial charge in [-0.05, 0) is 29.8 Å². The number of rotatable bonds is 5. The van der Waals surface area contributed by atoms with Crippen molar-refractivity contribution in [1.82, 2.24) is 9.55 Å². The number of methoxy groups -OCH3 is 1. The Morgan fingerprint density at radius 1 is 1.22 bits per heavy atom. The largest absolute Gasteiger partial charge is 0.497 e. The van der Waals surface area contributed by atoms with E-state index in [2.05, 4.69) is 10.3 Å². The summed E-state index contributed by atoms with van der Waals surface area (Å²) < 4.78 is 7.13. The molecule has 0 saturated heterocycles. The van der Waals surface area contributed by atoms with Crippen LogP contribution in [0.25, 0.3) is 0 Å². The Bertz CT molecular complexity index is 780. The van der Waals surface area contributed by atoms with E-state index in [1.807, 2.05) is 53.2 Å². The van der Waals surface area contributed by atoms with Gasteiger partial charge in [-0.2, -0.15) is 0 Å². The smallest absolute Gasteiger partial charge is 0.255 e. The number of hydrogen-bond acceptors (Lipinski definition) is 3. The van der Waals surface area contributed by atoms with E-state index in [9.17, 15) is 4.79 Å². The lowest BCUT2D eigenvalue weighted by Crippen LogP contribution is -2.12. The van der Waals surface area contributed by atoms with E-state index >= 15 is 0 Å².